The molecule has 2 unspecified atom stereocenters. The zero-order valence-corrected chi connectivity index (χ0v) is 12.1. The van der Waals surface area contributed by atoms with Crippen molar-refractivity contribution in [2.24, 2.45) is 5.92 Å². The molecular formula is C16H20FNO3. The molecule has 1 aliphatic carbocycles. The van der Waals surface area contributed by atoms with Gasteiger partial charge in [-0.15, -0.1) is 0 Å². The molecule has 1 amide bonds. The van der Waals surface area contributed by atoms with Crippen LogP contribution in [0.15, 0.2) is 24.3 Å². The van der Waals surface area contributed by atoms with Gasteiger partial charge in [0.05, 0.1) is 5.56 Å². The molecule has 0 aliphatic heterocycles. The molecule has 1 N–H and O–H groups in total. The van der Waals surface area contributed by atoms with Gasteiger partial charge in [0.1, 0.15) is 5.82 Å². The van der Waals surface area contributed by atoms with Crippen LogP contribution in [0.4, 0.5) is 4.39 Å². The van der Waals surface area contributed by atoms with Crippen molar-refractivity contribution in [1.82, 2.24) is 5.32 Å². The Morgan fingerprint density at radius 3 is 2.81 bits per heavy atom. The first-order chi connectivity index (χ1) is 10.1. The molecule has 4 nitrogen and oxygen atoms in total. The first-order valence-electron chi connectivity index (χ1n) is 7.28. The quantitative estimate of drug-likeness (QED) is 0.868. The SMILES string of the molecule is CC1CCCCC1NC(=O)COC(=O)c1cccc(F)c1. The minimum absolute atomic E-state index is 0.105. The summed E-state index contributed by atoms with van der Waals surface area (Å²) in [5.41, 5.74) is 0.105. The fourth-order valence-electron chi connectivity index (χ4n) is 2.61. The summed E-state index contributed by atoms with van der Waals surface area (Å²) in [5, 5.41) is 2.90. The van der Waals surface area contributed by atoms with Crippen molar-refractivity contribution in [3.8, 4) is 0 Å². The molecule has 2 atom stereocenters. The minimum Gasteiger partial charge on any atom is -0.452 e. The second-order valence-electron chi connectivity index (χ2n) is 5.52. The van der Waals surface area contributed by atoms with E-state index in [9.17, 15) is 14.0 Å². The lowest BCUT2D eigenvalue weighted by atomic mass is 9.86. The number of nitrogens with one attached hydrogen (secondary N) is 1. The number of hydrogen-bond donors (Lipinski definition) is 1. The predicted octanol–water partition coefficient (Wildman–Crippen LogP) is 2.68. The Kier molecular flexibility index (Phi) is 5.31. The summed E-state index contributed by atoms with van der Waals surface area (Å²) in [6, 6.07) is 5.36. The van der Waals surface area contributed by atoms with Crippen LogP contribution in [0.2, 0.25) is 0 Å². The van der Waals surface area contributed by atoms with Crippen LogP contribution in [0, 0.1) is 11.7 Å². The Balaban J connectivity index is 1.79. The Morgan fingerprint density at radius 1 is 1.33 bits per heavy atom. The molecule has 0 spiro atoms. The van der Waals surface area contributed by atoms with Crippen molar-refractivity contribution in [1.29, 1.82) is 0 Å². The Labute approximate surface area is 123 Å². The number of halogens is 1. The minimum atomic E-state index is -0.693. The summed E-state index contributed by atoms with van der Waals surface area (Å²) in [6.45, 7) is 1.78. The highest BCUT2D eigenvalue weighted by Crippen LogP contribution is 2.23. The average molecular weight is 293 g/mol. The van der Waals surface area contributed by atoms with Gasteiger partial charge in [0.2, 0.25) is 0 Å². The number of rotatable bonds is 4. The van der Waals surface area contributed by atoms with E-state index in [1.807, 2.05) is 0 Å². The van der Waals surface area contributed by atoms with Crippen LogP contribution in [-0.2, 0) is 9.53 Å². The zero-order chi connectivity index (χ0) is 15.2. The van der Waals surface area contributed by atoms with Gasteiger partial charge in [-0.2, -0.15) is 0 Å². The van der Waals surface area contributed by atoms with Gasteiger partial charge >= 0.3 is 5.97 Å². The number of carbonyl (C=O) groups is 2. The van der Waals surface area contributed by atoms with E-state index in [2.05, 4.69) is 12.2 Å². The van der Waals surface area contributed by atoms with Crippen molar-refractivity contribution >= 4 is 11.9 Å². The molecule has 5 heteroatoms. The van der Waals surface area contributed by atoms with Gasteiger partial charge in [0.15, 0.2) is 6.61 Å². The lowest BCUT2D eigenvalue weighted by Gasteiger charge is -2.29. The largest absolute Gasteiger partial charge is 0.452 e. The second kappa shape index (κ2) is 7.20. The lowest BCUT2D eigenvalue weighted by Crippen LogP contribution is -2.42. The lowest BCUT2D eigenvalue weighted by molar-refractivity contribution is -0.125. The fourth-order valence-corrected chi connectivity index (χ4v) is 2.61. The van der Waals surface area contributed by atoms with Gasteiger partial charge in [-0.25, -0.2) is 9.18 Å². The van der Waals surface area contributed by atoms with Crippen LogP contribution in [0.3, 0.4) is 0 Å². The van der Waals surface area contributed by atoms with Crippen molar-refractivity contribution < 1.29 is 18.7 Å². The molecular weight excluding hydrogens is 273 g/mol. The van der Waals surface area contributed by atoms with Gasteiger partial charge in [0.25, 0.3) is 5.91 Å². The van der Waals surface area contributed by atoms with E-state index >= 15 is 0 Å². The van der Waals surface area contributed by atoms with Crippen molar-refractivity contribution in [3.05, 3.63) is 35.6 Å². The maximum Gasteiger partial charge on any atom is 0.338 e. The van der Waals surface area contributed by atoms with Crippen LogP contribution < -0.4 is 5.32 Å². The Morgan fingerprint density at radius 2 is 2.10 bits per heavy atom. The standard InChI is InChI=1S/C16H20FNO3/c1-11-5-2-3-8-14(11)18-15(19)10-21-16(20)12-6-4-7-13(17)9-12/h4,6-7,9,11,14H,2-3,5,8,10H2,1H3,(H,18,19). The number of ether oxygens (including phenoxy) is 1. The van der Waals surface area contributed by atoms with Gasteiger partial charge in [-0.3, -0.25) is 4.79 Å². The van der Waals surface area contributed by atoms with Gasteiger partial charge in [0, 0.05) is 6.04 Å². The third kappa shape index (κ3) is 4.55. The van der Waals surface area contributed by atoms with E-state index in [0.717, 1.165) is 25.3 Å². The normalized spacial score (nSPS) is 21.6. The van der Waals surface area contributed by atoms with Crippen molar-refractivity contribution in [3.63, 3.8) is 0 Å². The molecule has 1 saturated carbocycles. The summed E-state index contributed by atoms with van der Waals surface area (Å²) in [5.74, 6) is -1.06. The average Bonchev–Trinajstić information content (AvgIpc) is 2.47. The summed E-state index contributed by atoms with van der Waals surface area (Å²) in [6.07, 6.45) is 4.37. The second-order valence-corrected chi connectivity index (χ2v) is 5.52. The summed E-state index contributed by atoms with van der Waals surface area (Å²) < 4.78 is 17.9. The molecule has 1 fully saturated rings. The third-order valence-electron chi connectivity index (χ3n) is 3.85. The van der Waals surface area contributed by atoms with Gasteiger partial charge in [-0.1, -0.05) is 25.8 Å². The Bertz CT molecular complexity index is 518. The molecule has 0 heterocycles. The molecule has 21 heavy (non-hydrogen) atoms. The molecule has 0 aromatic heterocycles. The number of esters is 1. The summed E-state index contributed by atoms with van der Waals surface area (Å²) in [7, 11) is 0. The maximum atomic E-state index is 13.0. The first kappa shape index (κ1) is 15.5. The number of carbonyl (C=O) groups excluding carboxylic acids is 2. The molecule has 0 saturated heterocycles. The van der Waals surface area contributed by atoms with Crippen LogP contribution in [0.1, 0.15) is 43.0 Å². The molecule has 114 valence electrons. The van der Waals surface area contributed by atoms with E-state index in [-0.39, 0.29) is 24.1 Å². The van der Waals surface area contributed by atoms with Crippen molar-refractivity contribution in [2.75, 3.05) is 6.61 Å². The maximum absolute atomic E-state index is 13.0. The van der Waals surface area contributed by atoms with E-state index in [4.69, 9.17) is 4.74 Å². The molecule has 0 radical (unpaired) electrons. The highest BCUT2D eigenvalue weighted by Gasteiger charge is 2.23. The van der Waals surface area contributed by atoms with Crippen LogP contribution in [0.25, 0.3) is 0 Å². The predicted molar refractivity (Wildman–Crippen MR) is 76.2 cm³/mol. The van der Waals surface area contributed by atoms with Crippen LogP contribution in [-0.4, -0.2) is 24.5 Å². The molecule has 0 bridgehead atoms. The number of benzene rings is 1. The fraction of sp³-hybridized carbons (Fsp3) is 0.500. The van der Waals surface area contributed by atoms with E-state index in [0.29, 0.717) is 5.92 Å². The van der Waals surface area contributed by atoms with Gasteiger partial charge in [-0.05, 0) is 37.0 Å². The topological polar surface area (TPSA) is 55.4 Å². The van der Waals surface area contributed by atoms with Crippen LogP contribution >= 0.6 is 0 Å². The van der Waals surface area contributed by atoms with Crippen molar-refractivity contribution in [2.45, 2.75) is 38.6 Å². The van der Waals surface area contributed by atoms with Crippen LogP contribution in [0.5, 0.6) is 0 Å². The molecule has 1 aliphatic rings. The molecule has 1 aromatic rings. The number of hydrogen-bond acceptors (Lipinski definition) is 3. The highest BCUT2D eigenvalue weighted by atomic mass is 19.1. The van der Waals surface area contributed by atoms with E-state index in [1.165, 1.54) is 24.6 Å². The monoisotopic (exact) mass is 293 g/mol. The third-order valence-corrected chi connectivity index (χ3v) is 3.85. The Hall–Kier alpha value is -1.91. The molecule has 1 aromatic carbocycles. The van der Waals surface area contributed by atoms with Gasteiger partial charge < -0.3 is 10.1 Å². The van der Waals surface area contributed by atoms with E-state index < -0.39 is 11.8 Å². The smallest absolute Gasteiger partial charge is 0.338 e. The number of amides is 1. The first-order valence-corrected chi connectivity index (χ1v) is 7.28. The summed E-state index contributed by atoms with van der Waals surface area (Å²) in [4.78, 5) is 23.5. The highest BCUT2D eigenvalue weighted by molar-refractivity contribution is 5.91. The summed E-state index contributed by atoms with van der Waals surface area (Å²) >= 11 is 0. The van der Waals surface area contributed by atoms with E-state index in [1.54, 1.807) is 0 Å². The molecule has 2 rings (SSSR count). The zero-order valence-electron chi connectivity index (χ0n) is 12.1.